The fraction of sp³-hybridized carbons (Fsp3) is 0.250. The second-order valence-electron chi connectivity index (χ2n) is 6.65. The van der Waals surface area contributed by atoms with Crippen LogP contribution < -0.4 is 16.3 Å². The first-order chi connectivity index (χ1) is 14.7. The lowest BCUT2D eigenvalue weighted by Crippen LogP contribution is -2.27. The Labute approximate surface area is 188 Å². The fourth-order valence-electron chi connectivity index (χ4n) is 2.54. The monoisotopic (exact) mass is 463 g/mol. The van der Waals surface area contributed by atoms with Gasteiger partial charge in [0.05, 0.1) is 5.69 Å². The number of ether oxygens (including phenoxy) is 1. The van der Waals surface area contributed by atoms with Crippen molar-refractivity contribution in [2.45, 2.75) is 26.2 Å². The molecule has 0 bridgehead atoms. The number of halogens is 2. The molecule has 3 N–H and O–H groups in total. The van der Waals surface area contributed by atoms with Crippen LogP contribution in [0.4, 0.5) is 10.5 Å². The number of rotatable bonds is 6. The van der Waals surface area contributed by atoms with Crippen LogP contribution in [-0.4, -0.2) is 29.8 Å². The molecule has 0 radical (unpaired) electrons. The van der Waals surface area contributed by atoms with E-state index in [1.807, 2.05) is 19.9 Å². The number of hydrogen-bond acceptors (Lipinski definition) is 7. The van der Waals surface area contributed by atoms with Crippen molar-refractivity contribution < 1.29 is 14.3 Å². The summed E-state index contributed by atoms with van der Waals surface area (Å²) in [6.07, 6.45) is 0.958. The lowest BCUT2D eigenvalue weighted by atomic mass is 10.00. The van der Waals surface area contributed by atoms with E-state index in [1.54, 1.807) is 6.20 Å². The average molecular weight is 464 g/mol. The molecule has 0 aliphatic carbocycles. The van der Waals surface area contributed by atoms with Gasteiger partial charge < -0.3 is 15.0 Å². The summed E-state index contributed by atoms with van der Waals surface area (Å²) in [7, 11) is 1.26. The number of nitriles is 1. The molecule has 162 valence electrons. The molecule has 0 aliphatic rings. The fourth-order valence-corrected chi connectivity index (χ4v) is 3.16. The number of aromatic nitrogens is 1. The summed E-state index contributed by atoms with van der Waals surface area (Å²) in [5.41, 5.74) is 4.09. The minimum atomic E-state index is -1.22. The molecule has 11 heteroatoms. The zero-order valence-electron chi connectivity index (χ0n) is 16.9. The van der Waals surface area contributed by atoms with Crippen LogP contribution in [0.15, 0.2) is 34.3 Å². The lowest BCUT2D eigenvalue weighted by molar-refractivity contribution is -0.129. The van der Waals surface area contributed by atoms with Crippen LogP contribution in [0.3, 0.4) is 0 Å². The highest BCUT2D eigenvalue weighted by molar-refractivity contribution is 6.44. The van der Waals surface area contributed by atoms with E-state index in [-0.39, 0.29) is 11.5 Å². The van der Waals surface area contributed by atoms with Gasteiger partial charge in [-0.1, -0.05) is 37.0 Å². The quantitative estimate of drug-likeness (QED) is 0.259. The number of benzene rings is 1. The minimum Gasteiger partial charge on any atom is -0.371 e. The number of amides is 1. The van der Waals surface area contributed by atoms with Gasteiger partial charge in [0.15, 0.2) is 0 Å². The molecule has 9 nitrogen and oxygen atoms in total. The van der Waals surface area contributed by atoms with Crippen LogP contribution in [0, 0.1) is 11.3 Å². The molecule has 2 aromatic rings. The van der Waals surface area contributed by atoms with Gasteiger partial charge in [-0.3, -0.25) is 10.2 Å². The molecule has 31 heavy (non-hydrogen) atoms. The van der Waals surface area contributed by atoms with Crippen LogP contribution in [0.5, 0.6) is 0 Å². The zero-order chi connectivity index (χ0) is 23.1. The number of alkyl carbamates (subject to hydrolysis) is 1. The lowest BCUT2D eigenvalue weighted by Gasteiger charge is -2.12. The number of aromatic amines is 1. The average Bonchev–Trinajstić information content (AvgIpc) is 2.71. The third-order valence-corrected chi connectivity index (χ3v) is 4.80. The van der Waals surface area contributed by atoms with E-state index in [0.717, 1.165) is 5.56 Å². The number of nitrogens with zero attached hydrogens (tertiary/aromatic N) is 2. The number of esters is 1. The summed E-state index contributed by atoms with van der Waals surface area (Å²) in [6.45, 7) is 3.85. The van der Waals surface area contributed by atoms with Crippen molar-refractivity contribution in [1.29, 1.82) is 5.26 Å². The molecule has 0 unspecified atom stereocenters. The van der Waals surface area contributed by atoms with Gasteiger partial charge in [-0.2, -0.15) is 10.4 Å². The number of pyridine rings is 1. The summed E-state index contributed by atoms with van der Waals surface area (Å²) in [6, 6.07) is 6.37. The van der Waals surface area contributed by atoms with E-state index < -0.39 is 17.8 Å². The van der Waals surface area contributed by atoms with E-state index in [1.165, 1.54) is 25.2 Å². The second kappa shape index (κ2) is 10.6. The largest absolute Gasteiger partial charge is 0.414 e. The minimum absolute atomic E-state index is 0.0588. The van der Waals surface area contributed by atoms with Gasteiger partial charge in [-0.25, -0.2) is 9.59 Å². The Balaban J connectivity index is 2.23. The molecule has 0 saturated heterocycles. The van der Waals surface area contributed by atoms with Crippen LogP contribution in [-0.2, 0) is 16.0 Å². The second-order valence-corrected chi connectivity index (χ2v) is 7.47. The standard InChI is InChI=1S/C20H19Cl2N5O4/c1-10(2)13-4-11(9-25-18(13)28)5-14-15(21)6-12(7-16(14)22)26-27-17(8-23)19(29)31-20(30)24-3/h4,6-7,9-10,26H,5H2,1-3H3,(H,24,30)(H,25,28)/b27-17-. The van der Waals surface area contributed by atoms with Gasteiger partial charge >= 0.3 is 12.1 Å². The molecule has 1 aromatic heterocycles. The Bertz CT molecular complexity index is 1110. The molecular formula is C20H19Cl2N5O4. The maximum atomic E-state index is 11.9. The third kappa shape index (κ3) is 6.31. The van der Waals surface area contributed by atoms with E-state index in [4.69, 9.17) is 28.5 Å². The van der Waals surface area contributed by atoms with E-state index in [9.17, 15) is 14.4 Å². The van der Waals surface area contributed by atoms with Crippen molar-refractivity contribution in [3.8, 4) is 6.07 Å². The summed E-state index contributed by atoms with van der Waals surface area (Å²) in [5.74, 6) is -1.16. The molecule has 0 saturated carbocycles. The van der Waals surface area contributed by atoms with Crippen molar-refractivity contribution >= 4 is 46.7 Å². The van der Waals surface area contributed by atoms with Crippen molar-refractivity contribution in [2.24, 2.45) is 5.10 Å². The van der Waals surface area contributed by atoms with E-state index in [2.05, 4.69) is 25.6 Å². The molecule has 1 amide bonds. The summed E-state index contributed by atoms with van der Waals surface area (Å²) < 4.78 is 4.35. The van der Waals surface area contributed by atoms with E-state index in [0.29, 0.717) is 33.3 Å². The Morgan fingerprint density at radius 2 is 1.90 bits per heavy atom. The topological polar surface area (TPSA) is 136 Å². The summed E-state index contributed by atoms with van der Waals surface area (Å²) >= 11 is 12.7. The molecule has 1 heterocycles. The van der Waals surface area contributed by atoms with Crippen LogP contribution in [0.2, 0.25) is 10.0 Å². The SMILES string of the molecule is CNC(=O)OC(=O)/C(C#N)=N\Nc1cc(Cl)c(Cc2c[nH]c(=O)c(C(C)C)c2)c(Cl)c1. The Morgan fingerprint density at radius 1 is 1.26 bits per heavy atom. The highest BCUT2D eigenvalue weighted by Gasteiger charge is 2.17. The normalized spacial score (nSPS) is 11.1. The van der Waals surface area contributed by atoms with Crippen LogP contribution >= 0.6 is 23.2 Å². The summed E-state index contributed by atoms with van der Waals surface area (Å²) in [5, 5.41) is 15.4. The van der Waals surface area contributed by atoms with Crippen molar-refractivity contribution in [3.63, 3.8) is 0 Å². The predicted octanol–water partition coefficient (Wildman–Crippen LogP) is 3.57. The van der Waals surface area contributed by atoms with Crippen molar-refractivity contribution in [2.75, 3.05) is 12.5 Å². The van der Waals surface area contributed by atoms with Gasteiger partial charge in [-0.05, 0) is 35.2 Å². The maximum Gasteiger partial charge on any atom is 0.414 e. The summed E-state index contributed by atoms with van der Waals surface area (Å²) in [4.78, 5) is 37.4. The highest BCUT2D eigenvalue weighted by Crippen LogP contribution is 2.31. The zero-order valence-corrected chi connectivity index (χ0v) is 18.4. The first-order valence-corrected chi connectivity index (χ1v) is 9.79. The number of carbonyl (C=O) groups is 2. The van der Waals surface area contributed by atoms with Gasteiger partial charge in [0.25, 0.3) is 5.56 Å². The first-order valence-electron chi connectivity index (χ1n) is 9.03. The number of hydrogen-bond donors (Lipinski definition) is 3. The number of carbonyl (C=O) groups excluding carboxylic acids is 2. The maximum absolute atomic E-state index is 11.9. The predicted molar refractivity (Wildman–Crippen MR) is 118 cm³/mol. The highest BCUT2D eigenvalue weighted by atomic mass is 35.5. The third-order valence-electron chi connectivity index (χ3n) is 4.12. The Hall–Kier alpha value is -3.35. The van der Waals surface area contributed by atoms with Gasteiger partial charge in [0.1, 0.15) is 6.07 Å². The van der Waals surface area contributed by atoms with Crippen LogP contribution in [0.25, 0.3) is 0 Å². The first kappa shape index (κ1) is 23.9. The number of hydrazone groups is 1. The smallest absolute Gasteiger partial charge is 0.371 e. The van der Waals surface area contributed by atoms with Crippen LogP contribution in [0.1, 0.15) is 36.5 Å². The van der Waals surface area contributed by atoms with Gasteiger partial charge in [0.2, 0.25) is 5.71 Å². The molecular weight excluding hydrogens is 445 g/mol. The molecule has 0 atom stereocenters. The number of nitrogens with one attached hydrogen (secondary N) is 3. The van der Waals surface area contributed by atoms with E-state index >= 15 is 0 Å². The molecule has 0 fully saturated rings. The van der Waals surface area contributed by atoms with Crippen molar-refractivity contribution in [3.05, 3.63) is 61.5 Å². The van der Waals surface area contributed by atoms with Crippen molar-refractivity contribution in [1.82, 2.24) is 10.3 Å². The Kier molecular flexibility index (Phi) is 8.19. The van der Waals surface area contributed by atoms with Gasteiger partial charge in [0, 0.05) is 35.3 Å². The number of H-pyrrole nitrogens is 1. The molecule has 0 spiro atoms. The van der Waals surface area contributed by atoms with Gasteiger partial charge in [-0.15, -0.1) is 0 Å². The molecule has 0 aliphatic heterocycles. The molecule has 1 aromatic carbocycles. The number of anilines is 1. The Morgan fingerprint density at radius 3 is 2.45 bits per heavy atom. The molecule has 2 rings (SSSR count).